The lowest BCUT2D eigenvalue weighted by Gasteiger charge is -1.98. The van der Waals surface area contributed by atoms with Crippen LogP contribution in [0, 0.1) is 0 Å². The van der Waals surface area contributed by atoms with Gasteiger partial charge in [0, 0.05) is 0 Å². The van der Waals surface area contributed by atoms with E-state index in [-0.39, 0.29) is 0 Å². The molecular formula is C6H6F6O. The van der Waals surface area contributed by atoms with E-state index in [1.54, 1.807) is 7.11 Å². The second-order valence-electron chi connectivity index (χ2n) is 1.47. The Labute approximate surface area is 70.3 Å². The SMILES string of the molecule is C=COC.FC(F)=C(F)C(F)(F)F. The molecule has 0 radical (unpaired) electrons. The van der Waals surface area contributed by atoms with Crippen LogP contribution < -0.4 is 0 Å². The fourth-order valence-corrected chi connectivity index (χ4v) is 0.107. The van der Waals surface area contributed by atoms with E-state index in [0.29, 0.717) is 0 Å². The van der Waals surface area contributed by atoms with Crippen LogP contribution in [0.25, 0.3) is 0 Å². The lowest BCUT2D eigenvalue weighted by Crippen LogP contribution is -2.08. The zero-order chi connectivity index (χ0) is 11.1. The summed E-state index contributed by atoms with van der Waals surface area (Å²) >= 11 is 0. The molecule has 0 rings (SSSR count). The van der Waals surface area contributed by atoms with Crippen molar-refractivity contribution in [3.8, 4) is 0 Å². The molecule has 0 aromatic rings. The Morgan fingerprint density at radius 1 is 1.23 bits per heavy atom. The number of ether oxygens (including phenoxy) is 1. The van der Waals surface area contributed by atoms with Gasteiger partial charge in [-0.05, 0) is 0 Å². The minimum absolute atomic E-state index is 1.38. The van der Waals surface area contributed by atoms with Crippen LogP contribution in [0.4, 0.5) is 26.3 Å². The molecule has 0 aliphatic heterocycles. The first-order valence-corrected chi connectivity index (χ1v) is 2.69. The summed E-state index contributed by atoms with van der Waals surface area (Å²) in [5.41, 5.74) is 0. The molecule has 0 atom stereocenters. The first kappa shape index (κ1) is 14.4. The van der Waals surface area contributed by atoms with Gasteiger partial charge in [-0.15, -0.1) is 0 Å². The van der Waals surface area contributed by atoms with E-state index in [9.17, 15) is 26.3 Å². The van der Waals surface area contributed by atoms with Gasteiger partial charge in [0.05, 0.1) is 13.4 Å². The second kappa shape index (κ2) is 6.38. The quantitative estimate of drug-likeness (QED) is 0.474. The fraction of sp³-hybridized carbons (Fsp3) is 0.333. The first-order valence-electron chi connectivity index (χ1n) is 2.69. The zero-order valence-corrected chi connectivity index (χ0v) is 6.46. The molecule has 0 aliphatic rings. The van der Waals surface area contributed by atoms with E-state index in [2.05, 4.69) is 11.3 Å². The average molecular weight is 208 g/mol. The first-order chi connectivity index (χ1) is 5.77. The van der Waals surface area contributed by atoms with Crippen LogP contribution in [-0.2, 0) is 4.74 Å². The Hall–Kier alpha value is -1.14. The minimum Gasteiger partial charge on any atom is -0.505 e. The molecule has 1 nitrogen and oxygen atoms in total. The van der Waals surface area contributed by atoms with Crippen molar-refractivity contribution in [1.29, 1.82) is 0 Å². The van der Waals surface area contributed by atoms with Gasteiger partial charge in [-0.1, -0.05) is 6.58 Å². The summed E-state index contributed by atoms with van der Waals surface area (Å²) in [6.45, 7) is 3.26. The van der Waals surface area contributed by atoms with Crippen molar-refractivity contribution >= 4 is 0 Å². The highest BCUT2D eigenvalue weighted by molar-refractivity contribution is 4.98. The van der Waals surface area contributed by atoms with Crippen molar-refractivity contribution in [3.63, 3.8) is 0 Å². The molecule has 0 spiro atoms. The summed E-state index contributed by atoms with van der Waals surface area (Å²) < 4.78 is 69.1. The summed E-state index contributed by atoms with van der Waals surface area (Å²) in [5.74, 6) is -3.33. The largest absolute Gasteiger partial charge is 0.505 e. The van der Waals surface area contributed by atoms with Crippen molar-refractivity contribution in [1.82, 2.24) is 0 Å². The molecule has 13 heavy (non-hydrogen) atoms. The second-order valence-corrected chi connectivity index (χ2v) is 1.47. The minimum atomic E-state index is -5.56. The van der Waals surface area contributed by atoms with Gasteiger partial charge in [0.25, 0.3) is 5.83 Å². The van der Waals surface area contributed by atoms with Gasteiger partial charge >= 0.3 is 12.3 Å². The van der Waals surface area contributed by atoms with Gasteiger partial charge in [-0.25, -0.2) is 0 Å². The highest BCUT2D eigenvalue weighted by atomic mass is 19.4. The number of hydrogen-bond donors (Lipinski definition) is 0. The average Bonchev–Trinajstić information content (AvgIpc) is 2.02. The number of rotatable bonds is 1. The highest BCUT2D eigenvalue weighted by Gasteiger charge is 2.38. The van der Waals surface area contributed by atoms with Crippen LogP contribution in [0.3, 0.4) is 0 Å². The zero-order valence-electron chi connectivity index (χ0n) is 6.46. The third-order valence-electron chi connectivity index (χ3n) is 0.581. The highest BCUT2D eigenvalue weighted by Crippen LogP contribution is 2.29. The summed E-state index contributed by atoms with van der Waals surface area (Å²) in [6, 6.07) is 0. The third-order valence-corrected chi connectivity index (χ3v) is 0.581. The molecule has 0 fully saturated rings. The van der Waals surface area contributed by atoms with Crippen molar-refractivity contribution < 1.29 is 31.1 Å². The van der Waals surface area contributed by atoms with Crippen molar-refractivity contribution in [2.45, 2.75) is 6.18 Å². The maximum Gasteiger partial charge on any atom is 0.448 e. The van der Waals surface area contributed by atoms with Gasteiger partial charge in [0.15, 0.2) is 0 Å². The van der Waals surface area contributed by atoms with Gasteiger partial charge in [-0.3, -0.25) is 0 Å². The van der Waals surface area contributed by atoms with E-state index >= 15 is 0 Å². The predicted octanol–water partition coefficient (Wildman–Crippen LogP) is 3.40. The van der Waals surface area contributed by atoms with Gasteiger partial charge in [0.2, 0.25) is 0 Å². The van der Waals surface area contributed by atoms with Gasteiger partial charge < -0.3 is 4.74 Å². The number of methoxy groups -OCH3 is 1. The summed E-state index contributed by atoms with van der Waals surface area (Å²) in [5, 5.41) is 0. The fourth-order valence-electron chi connectivity index (χ4n) is 0.107. The Bertz CT molecular complexity index is 178. The molecular weight excluding hydrogens is 202 g/mol. The number of halogens is 6. The molecule has 7 heteroatoms. The topological polar surface area (TPSA) is 9.23 Å². The van der Waals surface area contributed by atoms with Crippen LogP contribution in [0.1, 0.15) is 0 Å². The molecule has 0 unspecified atom stereocenters. The normalized spacial score (nSPS) is 9.46. The monoisotopic (exact) mass is 208 g/mol. The lowest BCUT2D eigenvalue weighted by atomic mass is 10.6. The van der Waals surface area contributed by atoms with E-state index in [4.69, 9.17) is 0 Å². The molecule has 0 heterocycles. The van der Waals surface area contributed by atoms with E-state index in [1.807, 2.05) is 0 Å². The summed E-state index contributed by atoms with van der Waals surface area (Å²) in [7, 11) is 1.56. The lowest BCUT2D eigenvalue weighted by molar-refractivity contribution is -0.113. The molecule has 0 bridgehead atoms. The molecule has 0 N–H and O–H groups in total. The molecule has 78 valence electrons. The van der Waals surface area contributed by atoms with Gasteiger partial charge in [-0.2, -0.15) is 26.3 Å². The van der Waals surface area contributed by atoms with Crippen LogP contribution >= 0.6 is 0 Å². The van der Waals surface area contributed by atoms with E-state index in [1.165, 1.54) is 6.26 Å². The smallest absolute Gasteiger partial charge is 0.448 e. The molecule has 0 saturated heterocycles. The Morgan fingerprint density at radius 3 is 1.54 bits per heavy atom. The number of allylic oxidation sites excluding steroid dienone is 1. The Balaban J connectivity index is 0. The molecule has 0 aliphatic carbocycles. The molecule has 0 amide bonds. The molecule has 0 saturated carbocycles. The van der Waals surface area contributed by atoms with Crippen molar-refractivity contribution in [2.24, 2.45) is 0 Å². The standard InChI is InChI=1S/C3F6.C3H6O/c4-1(2(5)6)3(7,8)9;1-3-4-2/h;3H,1H2,2H3. The number of hydrogen-bond acceptors (Lipinski definition) is 1. The molecule has 0 aromatic heterocycles. The maximum absolute atomic E-state index is 11.0. The molecule has 0 aromatic carbocycles. The van der Waals surface area contributed by atoms with Crippen molar-refractivity contribution in [3.05, 3.63) is 24.7 Å². The maximum atomic E-state index is 11.0. The van der Waals surface area contributed by atoms with E-state index in [0.717, 1.165) is 0 Å². The van der Waals surface area contributed by atoms with Crippen LogP contribution in [0.15, 0.2) is 24.7 Å². The Kier molecular flexibility index (Phi) is 7.07. The van der Waals surface area contributed by atoms with Crippen LogP contribution in [0.5, 0.6) is 0 Å². The summed E-state index contributed by atoms with van der Waals surface area (Å²) in [4.78, 5) is 0. The number of alkyl halides is 3. The van der Waals surface area contributed by atoms with Crippen molar-refractivity contribution in [2.75, 3.05) is 7.11 Å². The summed E-state index contributed by atoms with van der Waals surface area (Å²) in [6.07, 6.45) is -7.53. The van der Waals surface area contributed by atoms with Crippen LogP contribution in [0.2, 0.25) is 0 Å². The van der Waals surface area contributed by atoms with Crippen LogP contribution in [-0.4, -0.2) is 13.3 Å². The van der Waals surface area contributed by atoms with E-state index < -0.39 is 18.1 Å². The Morgan fingerprint density at radius 2 is 1.54 bits per heavy atom. The predicted molar refractivity (Wildman–Crippen MR) is 33.6 cm³/mol. The third kappa shape index (κ3) is 8.77. The van der Waals surface area contributed by atoms with Gasteiger partial charge in [0.1, 0.15) is 0 Å².